The summed E-state index contributed by atoms with van der Waals surface area (Å²) in [4.78, 5) is 27.4. The van der Waals surface area contributed by atoms with Crippen LogP contribution >= 0.6 is 0 Å². The standard InChI is InChI=1S/C18H24N6O/c1-22(2)18-20-8-7-16(21-18)23-9-11-24(12-10-23)17(25)15-5-3-14(13-19)4-6-15/h3-8H,9-13,19H2,1-2H3. The molecule has 0 atom stereocenters. The van der Waals surface area contributed by atoms with Crippen LogP contribution in [0.3, 0.4) is 0 Å². The Labute approximate surface area is 148 Å². The molecule has 0 spiro atoms. The van der Waals surface area contributed by atoms with Crippen molar-refractivity contribution in [3.63, 3.8) is 0 Å². The lowest BCUT2D eigenvalue weighted by Gasteiger charge is -2.35. The Hall–Kier alpha value is -2.67. The Bertz CT molecular complexity index is 723. The summed E-state index contributed by atoms with van der Waals surface area (Å²) in [5, 5.41) is 0. The van der Waals surface area contributed by atoms with Crippen LogP contribution in [0.2, 0.25) is 0 Å². The molecule has 1 saturated heterocycles. The minimum absolute atomic E-state index is 0.0693. The molecule has 1 amide bonds. The van der Waals surface area contributed by atoms with Gasteiger partial charge in [-0.2, -0.15) is 4.98 Å². The molecule has 0 aliphatic carbocycles. The normalized spacial score (nSPS) is 14.5. The Morgan fingerprint density at radius 2 is 1.80 bits per heavy atom. The maximum Gasteiger partial charge on any atom is 0.253 e. The number of hydrogen-bond acceptors (Lipinski definition) is 6. The van der Waals surface area contributed by atoms with Gasteiger partial charge in [-0.25, -0.2) is 4.98 Å². The molecular weight excluding hydrogens is 316 g/mol. The summed E-state index contributed by atoms with van der Waals surface area (Å²) < 4.78 is 0. The van der Waals surface area contributed by atoms with Gasteiger partial charge in [0, 0.05) is 58.6 Å². The first-order chi connectivity index (χ1) is 12.1. The molecule has 1 aliphatic rings. The third-order valence-corrected chi connectivity index (χ3v) is 4.36. The molecule has 7 heteroatoms. The van der Waals surface area contributed by atoms with Gasteiger partial charge < -0.3 is 20.4 Å². The van der Waals surface area contributed by atoms with Crippen molar-refractivity contribution in [2.24, 2.45) is 5.73 Å². The second-order valence-electron chi connectivity index (χ2n) is 6.29. The molecule has 7 nitrogen and oxygen atoms in total. The predicted octanol–water partition coefficient (Wildman–Crippen LogP) is 0.964. The Balaban J connectivity index is 1.63. The minimum atomic E-state index is 0.0693. The SMILES string of the molecule is CN(C)c1nccc(N2CCN(C(=O)c3ccc(CN)cc3)CC2)n1. The van der Waals surface area contributed by atoms with E-state index in [9.17, 15) is 4.79 Å². The lowest BCUT2D eigenvalue weighted by atomic mass is 10.1. The summed E-state index contributed by atoms with van der Waals surface area (Å²) >= 11 is 0. The molecule has 2 aromatic rings. The van der Waals surface area contributed by atoms with Crippen LogP contribution < -0.4 is 15.5 Å². The predicted molar refractivity (Wildman–Crippen MR) is 98.8 cm³/mol. The summed E-state index contributed by atoms with van der Waals surface area (Å²) in [6.07, 6.45) is 1.77. The van der Waals surface area contributed by atoms with Crippen LogP contribution in [0.4, 0.5) is 11.8 Å². The van der Waals surface area contributed by atoms with Gasteiger partial charge in [0.15, 0.2) is 0 Å². The van der Waals surface area contributed by atoms with Crippen molar-refractivity contribution < 1.29 is 4.79 Å². The van der Waals surface area contributed by atoms with Crippen LogP contribution in [0.5, 0.6) is 0 Å². The van der Waals surface area contributed by atoms with E-state index in [1.165, 1.54) is 0 Å². The van der Waals surface area contributed by atoms with Crippen molar-refractivity contribution in [2.75, 3.05) is 50.1 Å². The summed E-state index contributed by atoms with van der Waals surface area (Å²) in [5.41, 5.74) is 7.34. The molecule has 2 N–H and O–H groups in total. The fourth-order valence-corrected chi connectivity index (χ4v) is 2.84. The van der Waals surface area contributed by atoms with Crippen molar-refractivity contribution in [3.05, 3.63) is 47.7 Å². The number of piperazine rings is 1. The number of carbonyl (C=O) groups excluding carboxylic acids is 1. The molecule has 132 valence electrons. The van der Waals surface area contributed by atoms with Crippen LogP contribution in [0.15, 0.2) is 36.5 Å². The highest BCUT2D eigenvalue weighted by atomic mass is 16.2. The molecule has 25 heavy (non-hydrogen) atoms. The van der Waals surface area contributed by atoms with E-state index in [1.54, 1.807) is 6.20 Å². The van der Waals surface area contributed by atoms with E-state index in [4.69, 9.17) is 5.73 Å². The molecule has 3 rings (SSSR count). The summed E-state index contributed by atoms with van der Waals surface area (Å²) in [5.74, 6) is 1.66. The van der Waals surface area contributed by atoms with Crippen LogP contribution in [0.1, 0.15) is 15.9 Å². The Morgan fingerprint density at radius 3 is 2.40 bits per heavy atom. The Kier molecular flexibility index (Phi) is 5.14. The first-order valence-corrected chi connectivity index (χ1v) is 8.42. The average molecular weight is 340 g/mol. The molecule has 0 bridgehead atoms. The fraction of sp³-hybridized carbons (Fsp3) is 0.389. The topological polar surface area (TPSA) is 78.6 Å². The number of amides is 1. The zero-order chi connectivity index (χ0) is 17.8. The number of nitrogens with two attached hydrogens (primary N) is 1. The van der Waals surface area contributed by atoms with E-state index in [1.807, 2.05) is 54.2 Å². The number of hydrogen-bond donors (Lipinski definition) is 1. The fourth-order valence-electron chi connectivity index (χ4n) is 2.84. The first kappa shape index (κ1) is 17.2. The molecule has 1 fully saturated rings. The zero-order valence-corrected chi connectivity index (χ0v) is 14.7. The van der Waals surface area contributed by atoms with Crippen molar-refractivity contribution in [1.29, 1.82) is 0 Å². The molecule has 0 unspecified atom stereocenters. The molecule has 1 aromatic carbocycles. The van der Waals surface area contributed by atoms with Gasteiger partial charge in [-0.1, -0.05) is 12.1 Å². The highest BCUT2D eigenvalue weighted by molar-refractivity contribution is 5.94. The van der Waals surface area contributed by atoms with Gasteiger partial charge >= 0.3 is 0 Å². The number of rotatable bonds is 4. The van der Waals surface area contributed by atoms with E-state index in [0.29, 0.717) is 31.1 Å². The molecule has 1 aromatic heterocycles. The third-order valence-electron chi connectivity index (χ3n) is 4.36. The average Bonchev–Trinajstić information content (AvgIpc) is 2.67. The van der Waals surface area contributed by atoms with E-state index < -0.39 is 0 Å². The van der Waals surface area contributed by atoms with E-state index in [-0.39, 0.29) is 5.91 Å². The van der Waals surface area contributed by atoms with E-state index in [0.717, 1.165) is 24.5 Å². The maximum atomic E-state index is 12.6. The van der Waals surface area contributed by atoms with Gasteiger partial charge in [-0.05, 0) is 23.8 Å². The number of aromatic nitrogens is 2. The zero-order valence-electron chi connectivity index (χ0n) is 14.7. The Morgan fingerprint density at radius 1 is 1.12 bits per heavy atom. The van der Waals surface area contributed by atoms with Gasteiger partial charge in [-0.15, -0.1) is 0 Å². The summed E-state index contributed by atoms with van der Waals surface area (Å²) in [6, 6.07) is 9.44. The molecule has 2 heterocycles. The molecule has 0 saturated carbocycles. The minimum Gasteiger partial charge on any atom is -0.353 e. The van der Waals surface area contributed by atoms with Gasteiger partial charge in [0.1, 0.15) is 5.82 Å². The third kappa shape index (κ3) is 3.88. The highest BCUT2D eigenvalue weighted by Crippen LogP contribution is 2.17. The monoisotopic (exact) mass is 340 g/mol. The van der Waals surface area contributed by atoms with Crippen LogP contribution in [-0.4, -0.2) is 61.0 Å². The lowest BCUT2D eigenvalue weighted by molar-refractivity contribution is 0.0746. The van der Waals surface area contributed by atoms with Crippen molar-refractivity contribution in [2.45, 2.75) is 6.54 Å². The number of benzene rings is 1. The largest absolute Gasteiger partial charge is 0.353 e. The molecule has 1 aliphatic heterocycles. The summed E-state index contributed by atoms with van der Waals surface area (Å²) in [7, 11) is 3.84. The van der Waals surface area contributed by atoms with Crippen molar-refractivity contribution in [1.82, 2.24) is 14.9 Å². The van der Waals surface area contributed by atoms with E-state index in [2.05, 4.69) is 14.9 Å². The van der Waals surface area contributed by atoms with Crippen LogP contribution in [0, 0.1) is 0 Å². The first-order valence-electron chi connectivity index (χ1n) is 8.42. The molecule has 0 radical (unpaired) electrons. The molecular formula is C18H24N6O. The van der Waals surface area contributed by atoms with E-state index >= 15 is 0 Å². The van der Waals surface area contributed by atoms with Gasteiger partial charge in [0.25, 0.3) is 5.91 Å². The van der Waals surface area contributed by atoms with Crippen LogP contribution in [0.25, 0.3) is 0 Å². The smallest absolute Gasteiger partial charge is 0.253 e. The second kappa shape index (κ2) is 7.48. The summed E-state index contributed by atoms with van der Waals surface area (Å²) in [6.45, 7) is 3.37. The van der Waals surface area contributed by atoms with Gasteiger partial charge in [0.05, 0.1) is 0 Å². The highest BCUT2D eigenvalue weighted by Gasteiger charge is 2.23. The number of anilines is 2. The van der Waals surface area contributed by atoms with Crippen molar-refractivity contribution in [3.8, 4) is 0 Å². The van der Waals surface area contributed by atoms with Crippen molar-refractivity contribution >= 4 is 17.7 Å². The second-order valence-corrected chi connectivity index (χ2v) is 6.29. The number of carbonyl (C=O) groups is 1. The quantitative estimate of drug-likeness (QED) is 0.893. The van der Waals surface area contributed by atoms with Crippen LogP contribution in [-0.2, 0) is 6.54 Å². The van der Waals surface area contributed by atoms with Gasteiger partial charge in [0.2, 0.25) is 5.95 Å². The maximum absolute atomic E-state index is 12.6. The van der Waals surface area contributed by atoms with Gasteiger partial charge in [-0.3, -0.25) is 4.79 Å². The number of nitrogens with zero attached hydrogens (tertiary/aromatic N) is 5. The lowest BCUT2D eigenvalue weighted by Crippen LogP contribution is -2.49.